The Morgan fingerprint density at radius 3 is 2.84 bits per heavy atom. The highest BCUT2D eigenvalue weighted by Crippen LogP contribution is 2.33. The predicted octanol–water partition coefficient (Wildman–Crippen LogP) is 3.39. The third-order valence-electron chi connectivity index (χ3n) is 5.30. The fourth-order valence-electron chi connectivity index (χ4n) is 3.75. The molecule has 0 bridgehead atoms. The summed E-state index contributed by atoms with van der Waals surface area (Å²) in [5, 5.41) is 15.3. The number of methoxy groups -OCH3 is 2. The first-order valence-electron chi connectivity index (χ1n) is 9.88. The van der Waals surface area contributed by atoms with Crippen LogP contribution in [-0.2, 0) is 11.8 Å². The molecule has 10 nitrogen and oxygen atoms in total. The van der Waals surface area contributed by atoms with E-state index in [2.05, 4.69) is 20.8 Å². The monoisotopic (exact) mass is 479 g/mol. The second-order valence-corrected chi connectivity index (χ2v) is 8.68. The zero-order valence-corrected chi connectivity index (χ0v) is 19.2. The van der Waals surface area contributed by atoms with E-state index in [-0.39, 0.29) is 28.8 Å². The van der Waals surface area contributed by atoms with Gasteiger partial charge in [-0.15, -0.1) is 10.2 Å². The van der Waals surface area contributed by atoms with Gasteiger partial charge in [-0.05, 0) is 25.3 Å². The molecule has 170 valence electrons. The summed E-state index contributed by atoms with van der Waals surface area (Å²) in [5.74, 6) is -0.818. The van der Waals surface area contributed by atoms with Crippen LogP contribution in [0.2, 0.25) is 5.02 Å². The molecular weight excluding hydrogens is 458 g/mol. The van der Waals surface area contributed by atoms with Gasteiger partial charge < -0.3 is 23.8 Å². The Hall–Kier alpha value is -2.89. The van der Waals surface area contributed by atoms with E-state index in [1.807, 2.05) is 11.6 Å². The lowest BCUT2D eigenvalue weighted by Gasteiger charge is -2.21. The minimum atomic E-state index is -0.761. The molecule has 12 heteroatoms. The number of nitrogens with zero attached hydrogens (tertiary/aromatic N) is 3. The molecule has 3 heterocycles. The summed E-state index contributed by atoms with van der Waals surface area (Å²) in [6.07, 6.45) is 4.59. The van der Waals surface area contributed by atoms with E-state index in [1.54, 1.807) is 19.4 Å². The van der Waals surface area contributed by atoms with Crippen LogP contribution in [0.5, 0.6) is 5.75 Å². The Balaban J connectivity index is 1.56. The topological polar surface area (TPSA) is 121 Å². The third kappa shape index (κ3) is 4.36. The average molecular weight is 480 g/mol. The van der Waals surface area contributed by atoms with Crippen molar-refractivity contribution in [1.82, 2.24) is 14.8 Å². The lowest BCUT2D eigenvalue weighted by atomic mass is 10.2. The largest absolute Gasteiger partial charge is 0.488 e. The second kappa shape index (κ2) is 9.31. The number of carbonyl (C=O) groups excluding carboxylic acids is 1. The Morgan fingerprint density at radius 2 is 2.16 bits per heavy atom. The smallest absolute Gasteiger partial charge is 0.381 e. The molecule has 0 aromatic carbocycles. The maximum Gasteiger partial charge on any atom is 0.381 e. The van der Waals surface area contributed by atoms with E-state index in [9.17, 15) is 9.59 Å². The van der Waals surface area contributed by atoms with Crippen LogP contribution < -0.4 is 21.0 Å². The SMILES string of the molecule is COc1c(N[C@@H]2CCC[C@@H]2OC)cc(C(=O)Nc2nnc(-c3c(Cl)ccn3C)s2)oc1=O. The number of ether oxygens (including phenoxy) is 2. The van der Waals surface area contributed by atoms with Gasteiger partial charge in [0.2, 0.25) is 10.9 Å². The van der Waals surface area contributed by atoms with Crippen LogP contribution in [-0.4, -0.2) is 47.0 Å². The minimum Gasteiger partial charge on any atom is -0.488 e. The van der Waals surface area contributed by atoms with Gasteiger partial charge in [-0.2, -0.15) is 0 Å². The predicted molar refractivity (Wildman–Crippen MR) is 121 cm³/mol. The summed E-state index contributed by atoms with van der Waals surface area (Å²) in [6, 6.07) is 3.18. The number of hydrogen-bond acceptors (Lipinski definition) is 9. The van der Waals surface area contributed by atoms with E-state index in [0.717, 1.165) is 30.6 Å². The molecule has 3 aromatic rings. The highest BCUT2D eigenvalue weighted by molar-refractivity contribution is 7.18. The molecule has 0 unspecified atom stereocenters. The highest BCUT2D eigenvalue weighted by atomic mass is 35.5. The van der Waals surface area contributed by atoms with Crippen molar-refractivity contribution in [3.05, 3.63) is 39.5 Å². The normalized spacial score (nSPS) is 18.0. The molecule has 1 saturated carbocycles. The van der Waals surface area contributed by atoms with Gasteiger partial charge in [0.05, 0.1) is 35.7 Å². The number of nitrogens with one attached hydrogen (secondary N) is 2. The van der Waals surface area contributed by atoms with Gasteiger partial charge in [-0.3, -0.25) is 10.1 Å². The minimum absolute atomic E-state index is 0.000135. The summed E-state index contributed by atoms with van der Waals surface area (Å²) in [4.78, 5) is 25.2. The summed E-state index contributed by atoms with van der Waals surface area (Å²) < 4.78 is 17.7. The standard InChI is InChI=1S/C20H22ClN5O5S/c1-26-8-7-10(21)15(26)18-24-25-20(32-18)23-17(27)14-9-12(16(30-3)19(28)31-14)22-11-5-4-6-13(11)29-2/h7-9,11,13,22H,4-6H2,1-3H3,(H,23,25,27)/t11-,13+/m1/s1. The van der Waals surface area contributed by atoms with Crippen molar-refractivity contribution in [1.29, 1.82) is 0 Å². The van der Waals surface area contributed by atoms with E-state index in [0.29, 0.717) is 21.4 Å². The Morgan fingerprint density at radius 1 is 1.34 bits per heavy atom. The second-order valence-electron chi connectivity index (χ2n) is 7.29. The zero-order valence-electron chi connectivity index (χ0n) is 17.7. The Bertz CT molecular complexity index is 1170. The van der Waals surface area contributed by atoms with Crippen LogP contribution in [0.3, 0.4) is 0 Å². The molecule has 1 amide bonds. The van der Waals surface area contributed by atoms with Crippen molar-refractivity contribution in [2.24, 2.45) is 7.05 Å². The highest BCUT2D eigenvalue weighted by Gasteiger charge is 2.29. The molecule has 1 aliphatic rings. The third-order valence-corrected chi connectivity index (χ3v) is 6.45. The van der Waals surface area contributed by atoms with Crippen LogP contribution in [0.4, 0.5) is 10.8 Å². The van der Waals surface area contributed by atoms with Crippen molar-refractivity contribution < 1.29 is 18.7 Å². The van der Waals surface area contributed by atoms with Gasteiger partial charge in [0, 0.05) is 26.4 Å². The maximum absolute atomic E-state index is 12.8. The van der Waals surface area contributed by atoms with Gasteiger partial charge in [0.25, 0.3) is 5.91 Å². The number of anilines is 2. The fraction of sp³-hybridized carbons (Fsp3) is 0.400. The average Bonchev–Trinajstić information content (AvgIpc) is 3.48. The van der Waals surface area contributed by atoms with Crippen molar-refractivity contribution in [2.75, 3.05) is 24.9 Å². The first-order valence-corrected chi connectivity index (χ1v) is 11.1. The van der Waals surface area contributed by atoms with E-state index < -0.39 is 11.5 Å². The number of aryl methyl sites for hydroxylation is 1. The number of aromatic nitrogens is 3. The lowest BCUT2D eigenvalue weighted by Crippen LogP contribution is -2.30. The molecule has 1 aliphatic carbocycles. The number of carbonyl (C=O) groups is 1. The van der Waals surface area contributed by atoms with Crippen molar-refractivity contribution in [3.8, 4) is 16.5 Å². The van der Waals surface area contributed by atoms with Crippen LogP contribution in [0.25, 0.3) is 10.7 Å². The van der Waals surface area contributed by atoms with Crippen LogP contribution in [0.15, 0.2) is 27.5 Å². The fourth-order valence-corrected chi connectivity index (χ4v) is 4.92. The molecule has 2 atom stereocenters. The molecule has 0 radical (unpaired) electrons. The number of hydrogen-bond donors (Lipinski definition) is 2. The number of halogens is 1. The summed E-state index contributed by atoms with van der Waals surface area (Å²) in [6.45, 7) is 0. The molecule has 32 heavy (non-hydrogen) atoms. The van der Waals surface area contributed by atoms with Gasteiger partial charge in [0.15, 0.2) is 10.8 Å². The van der Waals surface area contributed by atoms with Crippen molar-refractivity contribution in [2.45, 2.75) is 31.4 Å². The van der Waals surface area contributed by atoms with Crippen LogP contribution >= 0.6 is 22.9 Å². The Labute approximate surface area is 192 Å². The zero-order chi connectivity index (χ0) is 22.8. The van der Waals surface area contributed by atoms with Gasteiger partial charge >= 0.3 is 5.63 Å². The first kappa shape index (κ1) is 22.3. The molecule has 1 fully saturated rings. The molecule has 2 N–H and O–H groups in total. The van der Waals surface area contributed by atoms with E-state index >= 15 is 0 Å². The number of amides is 1. The summed E-state index contributed by atoms with van der Waals surface area (Å²) >= 11 is 7.35. The summed E-state index contributed by atoms with van der Waals surface area (Å²) in [5.41, 5.74) is 0.302. The van der Waals surface area contributed by atoms with Gasteiger partial charge in [-0.1, -0.05) is 22.9 Å². The number of rotatable bonds is 7. The van der Waals surface area contributed by atoms with Crippen LogP contribution in [0, 0.1) is 0 Å². The molecule has 0 saturated heterocycles. The Kier molecular flexibility index (Phi) is 6.49. The van der Waals surface area contributed by atoms with Crippen LogP contribution in [0.1, 0.15) is 29.8 Å². The molecule has 3 aromatic heterocycles. The van der Waals surface area contributed by atoms with Crippen molar-refractivity contribution >= 4 is 39.7 Å². The molecule has 0 aliphatic heterocycles. The molecule has 0 spiro atoms. The van der Waals surface area contributed by atoms with E-state index in [4.69, 9.17) is 25.5 Å². The quantitative estimate of drug-likeness (QED) is 0.529. The van der Waals surface area contributed by atoms with Crippen molar-refractivity contribution in [3.63, 3.8) is 0 Å². The lowest BCUT2D eigenvalue weighted by molar-refractivity contribution is 0.0990. The van der Waals surface area contributed by atoms with E-state index in [1.165, 1.54) is 13.2 Å². The summed E-state index contributed by atoms with van der Waals surface area (Å²) in [7, 11) is 4.86. The molecular formula is C20H22ClN5O5S. The molecule has 4 rings (SSSR count). The van der Waals surface area contributed by atoms with Gasteiger partial charge in [-0.25, -0.2) is 4.79 Å². The van der Waals surface area contributed by atoms with Gasteiger partial charge in [0.1, 0.15) is 0 Å². The first-order chi connectivity index (χ1) is 15.4. The maximum atomic E-state index is 12.8.